The van der Waals surface area contributed by atoms with Crippen LogP contribution in [0.25, 0.3) is 0 Å². The lowest BCUT2D eigenvalue weighted by molar-refractivity contribution is -0.274. The van der Waals surface area contributed by atoms with Gasteiger partial charge >= 0.3 is 12.3 Å². The lowest BCUT2D eigenvalue weighted by Crippen LogP contribution is -2.26. The van der Waals surface area contributed by atoms with E-state index in [1.54, 1.807) is 24.3 Å². The van der Waals surface area contributed by atoms with Crippen LogP contribution in [-0.4, -0.2) is 29.9 Å². The summed E-state index contributed by atoms with van der Waals surface area (Å²) in [5, 5.41) is 11.4. The maximum absolute atomic E-state index is 12.5. The summed E-state index contributed by atoms with van der Waals surface area (Å²) in [7, 11) is 0. The molecule has 40 heavy (non-hydrogen) atoms. The third kappa shape index (κ3) is 9.17. The number of aliphatic carboxylic acids is 1. The van der Waals surface area contributed by atoms with E-state index in [4.69, 9.17) is 9.84 Å². The number of carbonyl (C=O) groups excluding carboxylic acids is 1. The van der Waals surface area contributed by atoms with Gasteiger partial charge in [0.05, 0.1) is 6.42 Å². The number of amides is 1. The van der Waals surface area contributed by atoms with E-state index in [9.17, 15) is 22.8 Å². The molecule has 0 aliphatic heterocycles. The summed E-state index contributed by atoms with van der Waals surface area (Å²) in [5.74, 6) is -0.854. The molecular formula is C31H36F3NO5. The summed E-state index contributed by atoms with van der Waals surface area (Å²) in [6.07, 6.45) is -0.475. The van der Waals surface area contributed by atoms with Gasteiger partial charge in [0.2, 0.25) is 0 Å². The number of ether oxygens (including phenoxy) is 2. The number of rotatable bonds is 10. The minimum atomic E-state index is -4.73. The van der Waals surface area contributed by atoms with E-state index >= 15 is 0 Å². The molecule has 2 aromatic carbocycles. The topological polar surface area (TPSA) is 84.9 Å². The Morgan fingerprint density at radius 2 is 1.65 bits per heavy atom. The van der Waals surface area contributed by atoms with Crippen molar-refractivity contribution in [2.24, 2.45) is 11.3 Å². The van der Waals surface area contributed by atoms with Gasteiger partial charge < -0.3 is 19.9 Å². The van der Waals surface area contributed by atoms with Crippen molar-refractivity contribution < 1.29 is 37.3 Å². The number of carboxylic acids is 1. The second kappa shape index (κ2) is 12.6. The minimum Gasteiger partial charge on any atom is -0.486 e. The molecule has 0 bridgehead atoms. The van der Waals surface area contributed by atoms with Gasteiger partial charge in [0.15, 0.2) is 0 Å². The Hall–Kier alpha value is -3.75. The summed E-state index contributed by atoms with van der Waals surface area (Å²) >= 11 is 0. The Kier molecular flexibility index (Phi) is 9.71. The normalized spacial score (nSPS) is 18.3. The van der Waals surface area contributed by atoms with E-state index < -0.39 is 12.3 Å². The number of halogens is 3. The molecule has 2 aromatic rings. The largest absolute Gasteiger partial charge is 0.573 e. The SMILES string of the molecule is CC1=CC(OC(CC(C)(C)C)c2ccc(C(=O)NCCC(=O)O)cc2)=CC(C)C1c1ccc(OC(F)(F)F)cc1. The van der Waals surface area contributed by atoms with Gasteiger partial charge in [-0.1, -0.05) is 57.5 Å². The molecule has 0 radical (unpaired) electrons. The molecule has 0 saturated carbocycles. The molecule has 3 atom stereocenters. The average molecular weight is 560 g/mol. The van der Waals surface area contributed by atoms with Crippen LogP contribution in [0.1, 0.15) is 81.0 Å². The molecule has 9 heteroatoms. The number of hydrogen-bond donors (Lipinski definition) is 2. The third-order valence-corrected chi connectivity index (χ3v) is 6.53. The van der Waals surface area contributed by atoms with E-state index in [1.165, 1.54) is 12.1 Å². The van der Waals surface area contributed by atoms with Crippen molar-refractivity contribution in [1.82, 2.24) is 5.32 Å². The van der Waals surface area contributed by atoms with Crippen LogP contribution in [0.2, 0.25) is 0 Å². The molecule has 6 nitrogen and oxygen atoms in total. The highest BCUT2D eigenvalue weighted by Crippen LogP contribution is 2.41. The van der Waals surface area contributed by atoms with Gasteiger partial charge in [0.25, 0.3) is 5.91 Å². The number of carbonyl (C=O) groups is 2. The average Bonchev–Trinajstić information content (AvgIpc) is 2.82. The van der Waals surface area contributed by atoms with Gasteiger partial charge in [-0.05, 0) is 72.2 Å². The molecule has 1 aliphatic rings. The Morgan fingerprint density at radius 1 is 1.02 bits per heavy atom. The Balaban J connectivity index is 1.75. The maximum Gasteiger partial charge on any atom is 0.573 e. The molecular weight excluding hydrogens is 523 g/mol. The summed E-state index contributed by atoms with van der Waals surface area (Å²) < 4.78 is 48.1. The van der Waals surface area contributed by atoms with Gasteiger partial charge in [-0.25, -0.2) is 0 Å². The molecule has 0 heterocycles. The predicted molar refractivity (Wildman–Crippen MR) is 146 cm³/mol. The zero-order valence-electron chi connectivity index (χ0n) is 23.3. The van der Waals surface area contributed by atoms with Crippen LogP contribution in [0.3, 0.4) is 0 Å². The second-order valence-electron chi connectivity index (χ2n) is 11.3. The highest BCUT2D eigenvalue weighted by Gasteiger charge is 2.32. The molecule has 1 aliphatic carbocycles. The molecule has 3 rings (SSSR count). The van der Waals surface area contributed by atoms with Gasteiger partial charge in [0.1, 0.15) is 17.6 Å². The zero-order chi connectivity index (χ0) is 29.7. The fraction of sp³-hybridized carbons (Fsp3) is 0.419. The van der Waals surface area contributed by atoms with Crippen molar-refractivity contribution in [3.05, 3.63) is 88.7 Å². The number of alkyl halides is 3. The number of nitrogens with one attached hydrogen (secondary N) is 1. The summed E-state index contributed by atoms with van der Waals surface area (Å²) in [4.78, 5) is 23.0. The van der Waals surface area contributed by atoms with E-state index in [-0.39, 0.29) is 48.0 Å². The Morgan fingerprint density at radius 3 is 2.17 bits per heavy atom. The number of hydrogen-bond acceptors (Lipinski definition) is 4. The molecule has 0 spiro atoms. The zero-order valence-corrected chi connectivity index (χ0v) is 23.3. The number of benzene rings is 2. The van der Waals surface area contributed by atoms with Crippen LogP contribution in [-0.2, 0) is 9.53 Å². The van der Waals surface area contributed by atoms with Crippen molar-refractivity contribution in [3.63, 3.8) is 0 Å². The highest BCUT2D eigenvalue weighted by atomic mass is 19.4. The molecule has 0 fully saturated rings. The molecule has 3 unspecified atom stereocenters. The van der Waals surface area contributed by atoms with Crippen LogP contribution in [0.4, 0.5) is 13.2 Å². The first-order chi connectivity index (χ1) is 18.6. The monoisotopic (exact) mass is 559 g/mol. The van der Waals surface area contributed by atoms with Crippen molar-refractivity contribution in [2.45, 2.75) is 65.8 Å². The van der Waals surface area contributed by atoms with Crippen LogP contribution >= 0.6 is 0 Å². The van der Waals surface area contributed by atoms with E-state index in [1.807, 2.05) is 38.1 Å². The summed E-state index contributed by atoms with van der Waals surface area (Å²) in [6.45, 7) is 10.4. The van der Waals surface area contributed by atoms with Crippen molar-refractivity contribution >= 4 is 11.9 Å². The fourth-order valence-electron chi connectivity index (χ4n) is 4.83. The van der Waals surface area contributed by atoms with Gasteiger partial charge in [-0.2, -0.15) is 0 Å². The van der Waals surface area contributed by atoms with Crippen molar-refractivity contribution in [3.8, 4) is 5.75 Å². The summed E-state index contributed by atoms with van der Waals surface area (Å²) in [5.41, 5.74) is 3.19. The van der Waals surface area contributed by atoms with Gasteiger partial charge in [-0.15, -0.1) is 13.2 Å². The lowest BCUT2D eigenvalue weighted by Gasteiger charge is -2.32. The van der Waals surface area contributed by atoms with Crippen LogP contribution in [0, 0.1) is 11.3 Å². The van der Waals surface area contributed by atoms with Gasteiger partial charge in [0, 0.05) is 18.0 Å². The predicted octanol–water partition coefficient (Wildman–Crippen LogP) is 7.55. The Labute approximate surface area is 232 Å². The lowest BCUT2D eigenvalue weighted by atomic mass is 9.78. The molecule has 2 N–H and O–H groups in total. The highest BCUT2D eigenvalue weighted by molar-refractivity contribution is 5.94. The molecule has 216 valence electrons. The molecule has 0 aromatic heterocycles. The third-order valence-electron chi connectivity index (χ3n) is 6.53. The summed E-state index contributed by atoms with van der Waals surface area (Å²) in [6, 6.07) is 13.1. The van der Waals surface area contributed by atoms with Crippen molar-refractivity contribution in [2.75, 3.05) is 6.54 Å². The minimum absolute atomic E-state index is 0.0210. The van der Waals surface area contributed by atoms with E-state index in [0.29, 0.717) is 17.7 Å². The maximum atomic E-state index is 12.5. The standard InChI is InChI=1S/C31H36F3NO5/c1-19-16-25(17-20(2)28(19)22-10-12-24(13-11-22)40-31(32,33)34)39-26(18-30(3,4)5)21-6-8-23(9-7-21)29(38)35-15-14-27(36)37/h6-13,16-17,19,26,28H,14-15,18H2,1-5H3,(H,35,38)(H,36,37). The molecule has 1 amide bonds. The van der Waals surface area contributed by atoms with Gasteiger partial charge in [-0.3, -0.25) is 9.59 Å². The molecule has 0 saturated heterocycles. The van der Waals surface area contributed by atoms with Crippen LogP contribution in [0.5, 0.6) is 5.75 Å². The van der Waals surface area contributed by atoms with Crippen LogP contribution in [0.15, 0.2) is 72.0 Å². The fourth-order valence-corrected chi connectivity index (χ4v) is 4.83. The smallest absolute Gasteiger partial charge is 0.486 e. The second-order valence-corrected chi connectivity index (χ2v) is 11.3. The van der Waals surface area contributed by atoms with Crippen LogP contribution < -0.4 is 10.1 Å². The van der Waals surface area contributed by atoms with E-state index in [0.717, 1.165) is 16.7 Å². The number of allylic oxidation sites excluding steroid dienone is 3. The first kappa shape index (κ1) is 30.8. The van der Waals surface area contributed by atoms with Crippen molar-refractivity contribution in [1.29, 1.82) is 0 Å². The number of carboxylic acid groups (broad SMARTS) is 1. The van der Waals surface area contributed by atoms with E-state index in [2.05, 4.69) is 30.8 Å². The first-order valence-electron chi connectivity index (χ1n) is 13.1. The quantitative estimate of drug-likeness (QED) is 0.314. The first-order valence-corrected chi connectivity index (χ1v) is 13.1. The Bertz CT molecular complexity index is 1240.